The summed E-state index contributed by atoms with van der Waals surface area (Å²) in [6.45, 7) is 2.03. The van der Waals surface area contributed by atoms with Gasteiger partial charge < -0.3 is 9.47 Å². The van der Waals surface area contributed by atoms with Crippen LogP contribution in [0.2, 0.25) is 0 Å². The van der Waals surface area contributed by atoms with Crippen LogP contribution in [0.1, 0.15) is 18.9 Å². The Bertz CT molecular complexity index is 631. The van der Waals surface area contributed by atoms with E-state index in [0.717, 1.165) is 16.1 Å². The molecule has 0 amide bonds. The first-order valence-corrected chi connectivity index (χ1v) is 8.58. The molecule has 0 heterocycles. The number of nitrogens with zero attached hydrogens (tertiary/aromatic N) is 1. The van der Waals surface area contributed by atoms with Crippen LogP contribution in [0.15, 0.2) is 30.3 Å². The van der Waals surface area contributed by atoms with E-state index in [1.165, 1.54) is 0 Å². The fourth-order valence-corrected chi connectivity index (χ4v) is 2.05. The first kappa shape index (κ1) is 17.9. The van der Waals surface area contributed by atoms with E-state index >= 15 is 0 Å². The van der Waals surface area contributed by atoms with Crippen molar-refractivity contribution in [2.45, 2.75) is 19.9 Å². The third kappa shape index (κ3) is 6.99. The summed E-state index contributed by atoms with van der Waals surface area (Å²) in [5.41, 5.74) is 0.811. The molecule has 0 aliphatic rings. The molecule has 22 heavy (non-hydrogen) atoms. The molecule has 6 nitrogen and oxygen atoms in total. The molecule has 0 fully saturated rings. The number of hydrogen-bond acceptors (Lipinski definition) is 5. The quantitative estimate of drug-likeness (QED) is 0.454. The van der Waals surface area contributed by atoms with E-state index in [4.69, 9.17) is 9.47 Å². The van der Waals surface area contributed by atoms with Crippen molar-refractivity contribution < 1.29 is 22.7 Å². The summed E-state index contributed by atoms with van der Waals surface area (Å²) in [7, 11) is -3.49. The number of carbonyl (C=O) groups is 1. The van der Waals surface area contributed by atoms with Crippen molar-refractivity contribution in [3.05, 3.63) is 35.9 Å². The number of ether oxygens (including phenoxy) is 2. The van der Waals surface area contributed by atoms with Gasteiger partial charge in [0.05, 0.1) is 19.4 Å². The minimum atomic E-state index is -3.49. The number of sulfonamides is 1. The van der Waals surface area contributed by atoms with Gasteiger partial charge in [-0.25, -0.2) is 17.5 Å². The third-order valence-corrected chi connectivity index (χ3v) is 3.48. The lowest BCUT2D eigenvalue weighted by atomic mass is 10.2. The minimum Gasteiger partial charge on any atom is -0.434 e. The average Bonchev–Trinajstić information content (AvgIpc) is 2.48. The van der Waals surface area contributed by atoms with Gasteiger partial charge >= 0.3 is 6.16 Å². The number of carbonyl (C=O) groups excluding carboxylic acids is 1. The Labute approximate surface area is 131 Å². The fraction of sp³-hybridized carbons (Fsp3) is 0.400. The highest BCUT2D eigenvalue weighted by Crippen LogP contribution is 2.06. The number of rotatable bonds is 6. The molecule has 0 saturated heterocycles. The Morgan fingerprint density at radius 2 is 1.91 bits per heavy atom. The van der Waals surface area contributed by atoms with Crippen molar-refractivity contribution in [2.24, 2.45) is 0 Å². The van der Waals surface area contributed by atoms with Crippen molar-refractivity contribution in [1.29, 1.82) is 0 Å². The van der Waals surface area contributed by atoms with Gasteiger partial charge in [0.15, 0.2) is 6.61 Å². The highest BCUT2D eigenvalue weighted by Gasteiger charge is 2.12. The van der Waals surface area contributed by atoms with E-state index in [9.17, 15) is 13.2 Å². The first-order valence-electron chi connectivity index (χ1n) is 6.73. The monoisotopic (exact) mass is 325 g/mol. The molecule has 0 N–H and O–H groups in total. The molecular weight excluding hydrogens is 306 g/mol. The van der Waals surface area contributed by atoms with Crippen LogP contribution >= 0.6 is 0 Å². The van der Waals surface area contributed by atoms with Crippen LogP contribution in [0.5, 0.6) is 0 Å². The minimum absolute atomic E-state index is 0.132. The van der Waals surface area contributed by atoms with Gasteiger partial charge in [-0.05, 0) is 17.9 Å². The molecule has 0 spiro atoms. The second-order valence-electron chi connectivity index (χ2n) is 4.43. The van der Waals surface area contributed by atoms with Crippen LogP contribution < -0.4 is 0 Å². The maximum Gasteiger partial charge on any atom is 0.509 e. The lowest BCUT2D eigenvalue weighted by Crippen LogP contribution is -2.24. The molecule has 7 heteroatoms. The van der Waals surface area contributed by atoms with Crippen LogP contribution in [-0.4, -0.2) is 38.3 Å². The van der Waals surface area contributed by atoms with Crippen LogP contribution in [0.25, 0.3) is 0 Å². The predicted molar refractivity (Wildman–Crippen MR) is 82.2 cm³/mol. The SMILES string of the molecule is CCCOC(=O)OCC#CN(Cc1ccccc1)S(C)(=O)=O. The molecule has 120 valence electrons. The molecule has 0 bridgehead atoms. The van der Waals surface area contributed by atoms with Crippen LogP contribution in [-0.2, 0) is 26.0 Å². The molecule has 0 radical (unpaired) electrons. The van der Waals surface area contributed by atoms with Crippen molar-refractivity contribution in [1.82, 2.24) is 4.31 Å². The van der Waals surface area contributed by atoms with E-state index in [1.54, 1.807) is 12.1 Å². The first-order chi connectivity index (χ1) is 10.4. The standard InChI is InChI=1S/C15H19NO5S/c1-3-11-20-15(17)21-12-7-10-16(22(2,18)19)13-14-8-5-4-6-9-14/h4-6,8-9H,3,11-13H2,1-2H3. The van der Waals surface area contributed by atoms with Crippen molar-refractivity contribution in [3.63, 3.8) is 0 Å². The summed E-state index contributed by atoms with van der Waals surface area (Å²) < 4.78 is 33.8. The number of benzene rings is 1. The highest BCUT2D eigenvalue weighted by molar-refractivity contribution is 7.88. The van der Waals surface area contributed by atoms with Gasteiger partial charge in [-0.2, -0.15) is 0 Å². The number of hydrogen-bond donors (Lipinski definition) is 0. The van der Waals surface area contributed by atoms with Gasteiger partial charge in [0.1, 0.15) is 0 Å². The van der Waals surface area contributed by atoms with Crippen LogP contribution in [0.4, 0.5) is 4.79 Å². The average molecular weight is 325 g/mol. The molecule has 1 aromatic carbocycles. The Morgan fingerprint density at radius 3 is 2.50 bits per heavy atom. The maximum absolute atomic E-state index is 11.7. The van der Waals surface area contributed by atoms with Crippen molar-refractivity contribution in [3.8, 4) is 12.0 Å². The van der Waals surface area contributed by atoms with Gasteiger partial charge in [-0.1, -0.05) is 37.3 Å². The van der Waals surface area contributed by atoms with Crippen LogP contribution in [0.3, 0.4) is 0 Å². The fourth-order valence-electron chi connectivity index (χ4n) is 1.43. The summed E-state index contributed by atoms with van der Waals surface area (Å²) in [5, 5.41) is 0. The van der Waals surface area contributed by atoms with Gasteiger partial charge in [0.25, 0.3) is 0 Å². The zero-order chi connectivity index (χ0) is 16.4. The lowest BCUT2D eigenvalue weighted by molar-refractivity contribution is 0.0646. The topological polar surface area (TPSA) is 72.9 Å². The maximum atomic E-state index is 11.7. The van der Waals surface area contributed by atoms with E-state index in [2.05, 4.69) is 12.0 Å². The summed E-state index contributed by atoms with van der Waals surface area (Å²) in [5.74, 6) is 2.49. The van der Waals surface area contributed by atoms with Gasteiger partial charge in [0, 0.05) is 6.04 Å². The largest absolute Gasteiger partial charge is 0.509 e. The van der Waals surface area contributed by atoms with E-state index < -0.39 is 16.2 Å². The van der Waals surface area contributed by atoms with Gasteiger partial charge in [-0.3, -0.25) is 0 Å². The molecule has 0 aromatic heterocycles. The lowest BCUT2D eigenvalue weighted by Gasteiger charge is -2.14. The molecule has 1 rings (SSSR count). The molecule has 0 aliphatic carbocycles. The smallest absolute Gasteiger partial charge is 0.434 e. The third-order valence-electron chi connectivity index (χ3n) is 2.46. The van der Waals surface area contributed by atoms with Gasteiger partial charge in [-0.15, -0.1) is 0 Å². The van der Waals surface area contributed by atoms with Gasteiger partial charge in [0.2, 0.25) is 10.0 Å². The highest BCUT2D eigenvalue weighted by atomic mass is 32.2. The molecule has 0 atom stereocenters. The van der Waals surface area contributed by atoms with E-state index in [0.29, 0.717) is 6.42 Å². The molecule has 0 unspecified atom stereocenters. The summed E-state index contributed by atoms with van der Waals surface area (Å²) >= 11 is 0. The van der Waals surface area contributed by atoms with E-state index in [1.807, 2.05) is 25.1 Å². The molecule has 1 aromatic rings. The Balaban J connectivity index is 2.60. The summed E-state index contributed by atoms with van der Waals surface area (Å²) in [6, 6.07) is 11.6. The Hall–Kier alpha value is -2.20. The van der Waals surface area contributed by atoms with Crippen molar-refractivity contribution >= 4 is 16.2 Å². The zero-order valence-electron chi connectivity index (χ0n) is 12.6. The zero-order valence-corrected chi connectivity index (χ0v) is 13.4. The Morgan fingerprint density at radius 1 is 1.23 bits per heavy atom. The summed E-state index contributed by atoms with van der Waals surface area (Å²) in [6.07, 6.45) is 0.950. The predicted octanol–water partition coefficient (Wildman–Crippen LogP) is 1.97. The normalized spacial score (nSPS) is 10.3. The summed E-state index contributed by atoms with van der Waals surface area (Å²) in [4.78, 5) is 11.1. The second kappa shape index (κ2) is 8.95. The second-order valence-corrected chi connectivity index (χ2v) is 6.34. The van der Waals surface area contributed by atoms with Crippen molar-refractivity contribution in [2.75, 3.05) is 19.5 Å². The van der Waals surface area contributed by atoms with E-state index in [-0.39, 0.29) is 19.8 Å². The van der Waals surface area contributed by atoms with Crippen LogP contribution in [0, 0.1) is 12.0 Å². The molecular formula is C15H19NO5S. The Kier molecular flexibility index (Phi) is 7.26. The molecule has 0 aliphatic heterocycles. The molecule has 0 saturated carbocycles.